The zero-order valence-electron chi connectivity index (χ0n) is 9.73. The lowest BCUT2D eigenvalue weighted by Gasteiger charge is -2.32. The summed E-state index contributed by atoms with van der Waals surface area (Å²) in [6.07, 6.45) is 6.29. The Balaban J connectivity index is 2.72. The largest absolute Gasteiger partial charge is 0.253 e. The van der Waals surface area contributed by atoms with Crippen molar-refractivity contribution >= 4 is 25.6 Å². The van der Waals surface area contributed by atoms with Gasteiger partial charge in [-0.1, -0.05) is 12.8 Å². The van der Waals surface area contributed by atoms with E-state index in [2.05, 4.69) is 15.3 Å². The summed E-state index contributed by atoms with van der Waals surface area (Å²) in [5.74, 6) is 3.53. The molecule has 96 valence electrons. The maximum Gasteiger partial charge on any atom is 0.209 e. The first-order valence-corrected chi connectivity index (χ1v) is 9.27. The van der Waals surface area contributed by atoms with Gasteiger partial charge in [-0.3, -0.25) is 4.21 Å². The molecule has 0 aromatic carbocycles. The number of nitrogens with one attached hydrogen (secondary N) is 2. The number of hydrogen-bond acceptors (Lipinski definition) is 3. The van der Waals surface area contributed by atoms with Crippen molar-refractivity contribution in [2.75, 3.05) is 12.5 Å². The van der Waals surface area contributed by atoms with Gasteiger partial charge in [0.1, 0.15) is 0 Å². The molecular formula is C9H20N2O3S2. The summed E-state index contributed by atoms with van der Waals surface area (Å²) in [7, 11) is -5.51. The van der Waals surface area contributed by atoms with Gasteiger partial charge in [0.05, 0.1) is 6.26 Å². The smallest absolute Gasteiger partial charge is 0.209 e. The van der Waals surface area contributed by atoms with Crippen molar-refractivity contribution in [2.24, 2.45) is 0 Å². The van der Waals surface area contributed by atoms with E-state index in [1.807, 2.05) is 0 Å². The van der Waals surface area contributed by atoms with Crippen molar-refractivity contribution in [2.45, 2.75) is 37.8 Å². The maximum atomic E-state index is 11.6. The predicted octanol–water partition coefficient (Wildman–Crippen LogP) is -0.302. The van der Waals surface area contributed by atoms with E-state index in [4.69, 9.17) is 0 Å². The van der Waals surface area contributed by atoms with Crippen LogP contribution < -0.4 is 9.44 Å². The first kappa shape index (κ1) is 14.0. The van der Waals surface area contributed by atoms with Gasteiger partial charge in [-0.15, -0.1) is 0 Å². The van der Waals surface area contributed by atoms with E-state index in [1.54, 1.807) is 0 Å². The third kappa shape index (κ3) is 5.29. The lowest BCUT2D eigenvalue weighted by Crippen LogP contribution is -2.52. The van der Waals surface area contributed by atoms with Crippen molar-refractivity contribution < 1.29 is 12.6 Å². The Morgan fingerprint density at radius 3 is 1.81 bits per heavy atom. The Kier molecular flexibility index (Phi) is 4.39. The summed E-state index contributed by atoms with van der Waals surface area (Å²) in [6, 6.07) is -0.259. The summed E-state index contributed by atoms with van der Waals surface area (Å²) in [5.41, 5.74) is 0. The maximum absolute atomic E-state index is 11.6. The van der Waals surface area contributed by atoms with Crippen molar-refractivity contribution in [3.8, 4) is 0 Å². The van der Waals surface area contributed by atoms with E-state index in [0.29, 0.717) is 0 Å². The molecule has 0 aliphatic heterocycles. The second-order valence-corrected chi connectivity index (χ2v) is 8.54. The number of hydrogen-bond donors (Lipinski definition) is 2. The number of sulfonamides is 1. The average molecular weight is 268 g/mol. The average Bonchev–Trinajstić information content (AvgIpc) is 2.03. The molecule has 2 N–H and O–H groups in total. The Labute approximate surface area is 98.2 Å². The van der Waals surface area contributed by atoms with Crippen LogP contribution in [0.1, 0.15) is 25.7 Å². The summed E-state index contributed by atoms with van der Waals surface area (Å²) >= 11 is 0. The summed E-state index contributed by atoms with van der Waals surface area (Å²) in [4.78, 5) is 0. The lowest BCUT2D eigenvalue weighted by atomic mass is 9.92. The van der Waals surface area contributed by atoms with E-state index in [-0.39, 0.29) is 12.1 Å². The standard InChI is InChI=1S/C9H20N2O3S2/c1-15(2,12)10-8-6-4-5-7-9(8)11-16(3,13)14/h8-9,11H,1,4-7H2,2-3H3,(H,10,12)/t8-,9-,15?/m0/s1. The topological polar surface area (TPSA) is 75.3 Å². The molecule has 1 aliphatic carbocycles. The molecular weight excluding hydrogens is 248 g/mol. The Hall–Kier alpha value is -0.110. The van der Waals surface area contributed by atoms with Gasteiger partial charge in [0.25, 0.3) is 0 Å². The van der Waals surface area contributed by atoms with Crippen LogP contribution in [0, 0.1) is 0 Å². The van der Waals surface area contributed by atoms with Crippen LogP contribution >= 0.6 is 0 Å². The van der Waals surface area contributed by atoms with Crippen LogP contribution in [-0.4, -0.2) is 43.1 Å². The van der Waals surface area contributed by atoms with Crippen LogP contribution in [-0.2, 0) is 19.7 Å². The molecule has 16 heavy (non-hydrogen) atoms. The van der Waals surface area contributed by atoms with Crippen LogP contribution in [0.15, 0.2) is 0 Å². The van der Waals surface area contributed by atoms with E-state index in [9.17, 15) is 12.6 Å². The van der Waals surface area contributed by atoms with Gasteiger partial charge in [-0.25, -0.2) is 17.9 Å². The molecule has 0 saturated heterocycles. The lowest BCUT2D eigenvalue weighted by molar-refractivity contribution is 0.344. The normalized spacial score (nSPS) is 30.9. The SMILES string of the molecule is C=S(C)(=O)N[C@H]1CCCC[C@@H]1NS(C)(=O)=O. The van der Waals surface area contributed by atoms with Gasteiger partial charge in [0.2, 0.25) is 10.0 Å². The molecule has 1 unspecified atom stereocenters. The Bertz CT molecular complexity index is 386. The van der Waals surface area contributed by atoms with Crippen molar-refractivity contribution in [1.29, 1.82) is 0 Å². The van der Waals surface area contributed by atoms with Crippen LogP contribution in [0.2, 0.25) is 0 Å². The molecule has 7 heteroatoms. The summed E-state index contributed by atoms with van der Waals surface area (Å²) < 4.78 is 39.4. The van der Waals surface area contributed by atoms with E-state index < -0.39 is 19.7 Å². The second kappa shape index (κ2) is 5.03. The number of rotatable bonds is 4. The van der Waals surface area contributed by atoms with E-state index in [1.165, 1.54) is 6.26 Å². The molecule has 0 bridgehead atoms. The molecule has 1 fully saturated rings. The first-order chi connectivity index (χ1) is 7.17. The fourth-order valence-corrected chi connectivity index (χ4v) is 3.76. The third-order valence-corrected chi connectivity index (χ3v) is 4.06. The molecule has 1 rings (SSSR count). The van der Waals surface area contributed by atoms with Crippen LogP contribution in [0.25, 0.3) is 0 Å². The van der Waals surface area contributed by atoms with Crippen molar-refractivity contribution in [3.05, 3.63) is 0 Å². The monoisotopic (exact) mass is 268 g/mol. The third-order valence-electron chi connectivity index (χ3n) is 2.53. The molecule has 0 amide bonds. The van der Waals surface area contributed by atoms with Gasteiger partial charge >= 0.3 is 0 Å². The zero-order valence-corrected chi connectivity index (χ0v) is 11.4. The van der Waals surface area contributed by atoms with Gasteiger partial charge in [-0.05, 0) is 18.7 Å². The van der Waals surface area contributed by atoms with Gasteiger partial charge in [0.15, 0.2) is 0 Å². The summed E-state index contributed by atoms with van der Waals surface area (Å²) in [6.45, 7) is 0. The van der Waals surface area contributed by atoms with Gasteiger partial charge < -0.3 is 0 Å². The molecule has 0 radical (unpaired) electrons. The highest BCUT2D eigenvalue weighted by Crippen LogP contribution is 2.19. The van der Waals surface area contributed by atoms with Crippen molar-refractivity contribution in [1.82, 2.24) is 9.44 Å². The minimum Gasteiger partial charge on any atom is -0.253 e. The Morgan fingerprint density at radius 1 is 1.00 bits per heavy atom. The second-order valence-electron chi connectivity index (χ2n) is 4.51. The highest BCUT2D eigenvalue weighted by molar-refractivity contribution is 7.97. The zero-order chi connectivity index (χ0) is 12.4. The van der Waals surface area contributed by atoms with Crippen LogP contribution in [0.3, 0.4) is 0 Å². The highest BCUT2D eigenvalue weighted by Gasteiger charge is 2.28. The molecule has 5 nitrogen and oxygen atoms in total. The van der Waals surface area contributed by atoms with Gasteiger partial charge in [0, 0.05) is 28.0 Å². The van der Waals surface area contributed by atoms with E-state index >= 15 is 0 Å². The quantitative estimate of drug-likeness (QED) is 0.687. The minimum atomic E-state index is -3.22. The first-order valence-electron chi connectivity index (χ1n) is 5.24. The van der Waals surface area contributed by atoms with Crippen LogP contribution in [0.5, 0.6) is 0 Å². The van der Waals surface area contributed by atoms with E-state index in [0.717, 1.165) is 31.9 Å². The van der Waals surface area contributed by atoms with Crippen LogP contribution in [0.4, 0.5) is 0 Å². The fraction of sp³-hybridized carbons (Fsp3) is 0.889. The molecule has 1 aliphatic rings. The summed E-state index contributed by atoms with van der Waals surface area (Å²) in [5, 5.41) is 0. The molecule has 0 heterocycles. The van der Waals surface area contributed by atoms with Crippen molar-refractivity contribution in [3.63, 3.8) is 0 Å². The predicted molar refractivity (Wildman–Crippen MR) is 68.3 cm³/mol. The fourth-order valence-electron chi connectivity index (χ4n) is 2.01. The highest BCUT2D eigenvalue weighted by atomic mass is 32.2. The molecule has 1 saturated carbocycles. The minimum absolute atomic E-state index is 0.0847. The molecule has 3 atom stereocenters. The molecule has 0 aromatic heterocycles. The molecule has 0 aromatic rings. The van der Waals surface area contributed by atoms with Gasteiger partial charge in [-0.2, -0.15) is 0 Å². The Morgan fingerprint density at radius 2 is 1.44 bits per heavy atom. The molecule has 0 spiro atoms.